The van der Waals surface area contributed by atoms with Crippen molar-refractivity contribution < 1.29 is 0 Å². The number of rotatable bonds is 3. The average molecular weight is 194 g/mol. The summed E-state index contributed by atoms with van der Waals surface area (Å²) in [6, 6.07) is 1.68. The molecule has 1 heterocycles. The quantitative estimate of drug-likeness (QED) is 0.732. The number of hydrogen-bond donors (Lipinski definition) is 1. The lowest BCUT2D eigenvalue weighted by Crippen LogP contribution is -2.54. The maximum atomic E-state index is 3.68. The molecule has 2 atom stereocenters. The second-order valence-electron chi connectivity index (χ2n) is 5.47. The molecule has 2 saturated carbocycles. The molecule has 80 valence electrons. The molecule has 0 aromatic rings. The van der Waals surface area contributed by atoms with Gasteiger partial charge in [0.1, 0.15) is 0 Å². The van der Waals surface area contributed by atoms with Crippen LogP contribution in [0.1, 0.15) is 32.6 Å². The van der Waals surface area contributed by atoms with Gasteiger partial charge in [0.15, 0.2) is 0 Å². The Morgan fingerprint density at radius 3 is 2.64 bits per heavy atom. The van der Waals surface area contributed by atoms with Crippen molar-refractivity contribution in [1.29, 1.82) is 0 Å². The number of hydrogen-bond acceptors (Lipinski definition) is 2. The lowest BCUT2D eigenvalue weighted by molar-refractivity contribution is 0.131. The molecule has 0 radical (unpaired) electrons. The SMILES string of the molecule is CC(C1CC1)N1CCNC(C2CC2)C1. The van der Waals surface area contributed by atoms with E-state index >= 15 is 0 Å². The number of piperazine rings is 1. The van der Waals surface area contributed by atoms with Crippen LogP contribution in [0.25, 0.3) is 0 Å². The average Bonchev–Trinajstić information content (AvgIpc) is 3.06. The highest BCUT2D eigenvalue weighted by Crippen LogP contribution is 2.37. The summed E-state index contributed by atoms with van der Waals surface area (Å²) >= 11 is 0. The van der Waals surface area contributed by atoms with E-state index in [0.29, 0.717) is 0 Å². The summed E-state index contributed by atoms with van der Waals surface area (Å²) in [4.78, 5) is 2.73. The Hall–Kier alpha value is -0.0800. The first-order chi connectivity index (χ1) is 6.84. The molecule has 1 saturated heterocycles. The molecule has 3 fully saturated rings. The van der Waals surface area contributed by atoms with E-state index in [4.69, 9.17) is 0 Å². The van der Waals surface area contributed by atoms with E-state index in [-0.39, 0.29) is 0 Å². The Morgan fingerprint density at radius 1 is 1.21 bits per heavy atom. The van der Waals surface area contributed by atoms with Gasteiger partial charge in [-0.2, -0.15) is 0 Å². The summed E-state index contributed by atoms with van der Waals surface area (Å²) < 4.78 is 0. The van der Waals surface area contributed by atoms with Crippen LogP contribution < -0.4 is 5.32 Å². The fourth-order valence-electron chi connectivity index (χ4n) is 2.86. The molecule has 1 aliphatic heterocycles. The highest BCUT2D eigenvalue weighted by Gasteiger charge is 2.38. The predicted molar refractivity (Wildman–Crippen MR) is 58.3 cm³/mol. The monoisotopic (exact) mass is 194 g/mol. The Kier molecular flexibility index (Phi) is 2.29. The molecule has 2 unspecified atom stereocenters. The molecule has 0 bridgehead atoms. The van der Waals surface area contributed by atoms with Crippen molar-refractivity contribution in [2.75, 3.05) is 19.6 Å². The van der Waals surface area contributed by atoms with Crippen LogP contribution in [0.4, 0.5) is 0 Å². The first-order valence-electron chi connectivity index (χ1n) is 6.32. The normalized spacial score (nSPS) is 37.1. The molecule has 0 aromatic heterocycles. The molecule has 1 N–H and O–H groups in total. The van der Waals surface area contributed by atoms with Gasteiger partial charge in [0.25, 0.3) is 0 Å². The lowest BCUT2D eigenvalue weighted by Gasteiger charge is -2.38. The maximum Gasteiger partial charge on any atom is 0.0223 e. The maximum absolute atomic E-state index is 3.68. The van der Waals surface area contributed by atoms with Crippen LogP contribution in [-0.4, -0.2) is 36.6 Å². The first-order valence-corrected chi connectivity index (χ1v) is 6.32. The van der Waals surface area contributed by atoms with Gasteiger partial charge in [-0.25, -0.2) is 0 Å². The van der Waals surface area contributed by atoms with Crippen LogP contribution >= 0.6 is 0 Å². The molecule has 3 aliphatic rings. The van der Waals surface area contributed by atoms with E-state index in [0.717, 1.165) is 23.9 Å². The van der Waals surface area contributed by atoms with Gasteiger partial charge in [-0.1, -0.05) is 0 Å². The summed E-state index contributed by atoms with van der Waals surface area (Å²) in [6.45, 7) is 6.26. The van der Waals surface area contributed by atoms with Crippen molar-refractivity contribution in [2.45, 2.75) is 44.7 Å². The van der Waals surface area contributed by atoms with Crippen molar-refractivity contribution in [3.05, 3.63) is 0 Å². The second kappa shape index (κ2) is 3.49. The third-order valence-electron chi connectivity index (χ3n) is 4.31. The van der Waals surface area contributed by atoms with E-state index in [1.54, 1.807) is 0 Å². The van der Waals surface area contributed by atoms with Crippen molar-refractivity contribution in [3.63, 3.8) is 0 Å². The third kappa shape index (κ3) is 1.82. The van der Waals surface area contributed by atoms with Gasteiger partial charge >= 0.3 is 0 Å². The molecule has 2 nitrogen and oxygen atoms in total. The Morgan fingerprint density at radius 2 is 2.00 bits per heavy atom. The largest absolute Gasteiger partial charge is 0.311 e. The number of nitrogens with zero attached hydrogens (tertiary/aromatic N) is 1. The van der Waals surface area contributed by atoms with Crippen LogP contribution in [0.15, 0.2) is 0 Å². The zero-order chi connectivity index (χ0) is 9.54. The fourth-order valence-corrected chi connectivity index (χ4v) is 2.86. The van der Waals surface area contributed by atoms with Crippen LogP contribution in [0, 0.1) is 11.8 Å². The summed E-state index contributed by atoms with van der Waals surface area (Å²) in [5.74, 6) is 2.05. The fraction of sp³-hybridized carbons (Fsp3) is 1.00. The summed E-state index contributed by atoms with van der Waals surface area (Å²) in [7, 11) is 0. The first kappa shape index (κ1) is 9.17. The zero-order valence-corrected chi connectivity index (χ0v) is 9.21. The van der Waals surface area contributed by atoms with Gasteiger partial charge in [-0.15, -0.1) is 0 Å². The predicted octanol–water partition coefficient (Wildman–Crippen LogP) is 1.47. The van der Waals surface area contributed by atoms with Crippen LogP contribution in [0.2, 0.25) is 0 Å². The van der Waals surface area contributed by atoms with E-state index in [1.807, 2.05) is 0 Å². The molecular weight excluding hydrogens is 172 g/mol. The summed E-state index contributed by atoms with van der Waals surface area (Å²) in [5.41, 5.74) is 0. The Balaban J connectivity index is 1.56. The Labute approximate surface area is 87.0 Å². The van der Waals surface area contributed by atoms with E-state index in [9.17, 15) is 0 Å². The highest BCUT2D eigenvalue weighted by molar-refractivity contribution is 4.94. The molecule has 0 amide bonds. The third-order valence-corrected chi connectivity index (χ3v) is 4.31. The van der Waals surface area contributed by atoms with Gasteiger partial charge in [-0.05, 0) is 44.4 Å². The van der Waals surface area contributed by atoms with Crippen molar-refractivity contribution >= 4 is 0 Å². The van der Waals surface area contributed by atoms with Crippen LogP contribution in [-0.2, 0) is 0 Å². The van der Waals surface area contributed by atoms with Gasteiger partial charge < -0.3 is 5.32 Å². The molecule has 2 heteroatoms. The molecule has 2 aliphatic carbocycles. The number of nitrogens with one attached hydrogen (secondary N) is 1. The van der Waals surface area contributed by atoms with Crippen molar-refractivity contribution in [3.8, 4) is 0 Å². The smallest absolute Gasteiger partial charge is 0.0223 e. The van der Waals surface area contributed by atoms with E-state index < -0.39 is 0 Å². The molecule has 0 spiro atoms. The standard InChI is InChI=1S/C12H22N2/c1-9(10-2-3-10)14-7-6-13-12(8-14)11-4-5-11/h9-13H,2-8H2,1H3. The minimum Gasteiger partial charge on any atom is -0.311 e. The molecular formula is C12H22N2. The van der Waals surface area contributed by atoms with Gasteiger partial charge in [0.05, 0.1) is 0 Å². The van der Waals surface area contributed by atoms with E-state index in [2.05, 4.69) is 17.1 Å². The van der Waals surface area contributed by atoms with Gasteiger partial charge in [-0.3, -0.25) is 4.90 Å². The summed E-state index contributed by atoms with van der Waals surface area (Å²) in [5, 5.41) is 3.68. The minimum atomic E-state index is 0.824. The summed E-state index contributed by atoms with van der Waals surface area (Å²) in [6.07, 6.45) is 5.92. The highest BCUT2D eigenvalue weighted by atomic mass is 15.2. The van der Waals surface area contributed by atoms with Gasteiger partial charge in [0, 0.05) is 31.7 Å². The molecule has 0 aromatic carbocycles. The van der Waals surface area contributed by atoms with Gasteiger partial charge in [0.2, 0.25) is 0 Å². The second-order valence-corrected chi connectivity index (χ2v) is 5.47. The lowest BCUT2D eigenvalue weighted by atomic mass is 10.1. The minimum absolute atomic E-state index is 0.824. The molecule has 3 rings (SSSR count). The van der Waals surface area contributed by atoms with Crippen molar-refractivity contribution in [2.24, 2.45) is 11.8 Å². The van der Waals surface area contributed by atoms with Crippen LogP contribution in [0.5, 0.6) is 0 Å². The van der Waals surface area contributed by atoms with Crippen LogP contribution in [0.3, 0.4) is 0 Å². The Bertz CT molecular complexity index is 198. The topological polar surface area (TPSA) is 15.3 Å². The molecule has 14 heavy (non-hydrogen) atoms. The van der Waals surface area contributed by atoms with Crippen molar-refractivity contribution in [1.82, 2.24) is 10.2 Å². The van der Waals surface area contributed by atoms with E-state index in [1.165, 1.54) is 45.3 Å². The zero-order valence-electron chi connectivity index (χ0n) is 9.21.